The SMILES string of the molecule is CCC(C)(C)C(C)(N)C(C)CC(C)(C)C(C)(C)C(C)CC(C)(C)C(C)C. The van der Waals surface area contributed by atoms with Gasteiger partial charge in [0, 0.05) is 5.54 Å². The molecule has 3 atom stereocenters. The smallest absolute Gasteiger partial charge is 0.0203 e. The molecule has 1 nitrogen and oxygen atoms in total. The second-order valence-electron chi connectivity index (χ2n) is 12.5. The van der Waals surface area contributed by atoms with Gasteiger partial charge in [-0.05, 0) is 65.6 Å². The Labute approximate surface area is 167 Å². The summed E-state index contributed by atoms with van der Waals surface area (Å²) in [5.41, 5.74) is 7.79. The summed E-state index contributed by atoms with van der Waals surface area (Å²) in [5.74, 6) is 1.86. The highest BCUT2D eigenvalue weighted by Crippen LogP contribution is 2.53. The summed E-state index contributed by atoms with van der Waals surface area (Å²) in [6.07, 6.45) is 3.56. The van der Waals surface area contributed by atoms with Crippen molar-refractivity contribution in [2.45, 2.75) is 122 Å². The van der Waals surface area contributed by atoms with E-state index in [1.807, 2.05) is 0 Å². The van der Waals surface area contributed by atoms with Crippen LogP contribution < -0.4 is 5.73 Å². The molecule has 0 bridgehead atoms. The van der Waals surface area contributed by atoms with E-state index in [1.165, 1.54) is 12.8 Å². The first-order chi connectivity index (χ1) is 11.3. The average molecular weight is 368 g/mol. The molecule has 0 aliphatic carbocycles. The van der Waals surface area contributed by atoms with E-state index < -0.39 is 0 Å². The second kappa shape index (κ2) is 8.14. The summed E-state index contributed by atoms with van der Waals surface area (Å²) < 4.78 is 0. The van der Waals surface area contributed by atoms with Crippen molar-refractivity contribution >= 4 is 0 Å². The lowest BCUT2D eigenvalue weighted by Gasteiger charge is -2.53. The van der Waals surface area contributed by atoms with Gasteiger partial charge >= 0.3 is 0 Å². The molecule has 0 spiro atoms. The average Bonchev–Trinajstić information content (AvgIpc) is 2.45. The molecule has 2 N–H and O–H groups in total. The third-order valence-electron chi connectivity index (χ3n) is 9.55. The number of hydrogen-bond acceptors (Lipinski definition) is 1. The van der Waals surface area contributed by atoms with Crippen LogP contribution in [0.3, 0.4) is 0 Å². The van der Waals surface area contributed by atoms with Gasteiger partial charge in [0.2, 0.25) is 0 Å². The Hall–Kier alpha value is -0.0400. The lowest BCUT2D eigenvalue weighted by Crippen LogP contribution is -2.56. The van der Waals surface area contributed by atoms with Crippen LogP contribution in [0.4, 0.5) is 0 Å². The van der Waals surface area contributed by atoms with Gasteiger partial charge in [-0.1, -0.05) is 90.0 Å². The third-order valence-corrected chi connectivity index (χ3v) is 9.55. The van der Waals surface area contributed by atoms with Crippen molar-refractivity contribution in [2.75, 3.05) is 0 Å². The molecule has 0 fully saturated rings. The van der Waals surface area contributed by atoms with E-state index in [2.05, 4.69) is 96.9 Å². The van der Waals surface area contributed by atoms with Gasteiger partial charge in [0.25, 0.3) is 0 Å². The number of hydrogen-bond donors (Lipinski definition) is 1. The van der Waals surface area contributed by atoms with Crippen LogP contribution in [0.5, 0.6) is 0 Å². The first-order valence-electron chi connectivity index (χ1n) is 11.0. The van der Waals surface area contributed by atoms with Gasteiger partial charge in [-0.25, -0.2) is 0 Å². The van der Waals surface area contributed by atoms with Crippen LogP contribution in [0, 0.1) is 39.4 Å². The fourth-order valence-electron chi connectivity index (χ4n) is 4.24. The lowest BCUT2D eigenvalue weighted by molar-refractivity contribution is -0.0176. The zero-order chi connectivity index (χ0) is 21.4. The Morgan fingerprint density at radius 1 is 0.654 bits per heavy atom. The Morgan fingerprint density at radius 3 is 1.42 bits per heavy atom. The highest BCUT2D eigenvalue weighted by Gasteiger charge is 2.47. The van der Waals surface area contributed by atoms with Gasteiger partial charge in [-0.15, -0.1) is 0 Å². The first kappa shape index (κ1) is 26.0. The molecule has 0 amide bonds. The quantitative estimate of drug-likeness (QED) is 0.417. The molecule has 0 saturated carbocycles. The predicted octanol–water partition coefficient (Wildman–Crippen LogP) is 7.93. The summed E-state index contributed by atoms with van der Waals surface area (Å²) in [5, 5.41) is 0. The molecule has 0 radical (unpaired) electrons. The lowest BCUT2D eigenvalue weighted by atomic mass is 9.53. The molecule has 1 heteroatoms. The van der Waals surface area contributed by atoms with Crippen LogP contribution in [0.15, 0.2) is 0 Å². The first-order valence-corrected chi connectivity index (χ1v) is 11.0. The maximum atomic E-state index is 6.92. The number of rotatable bonds is 10. The van der Waals surface area contributed by atoms with Crippen LogP contribution in [-0.4, -0.2) is 5.54 Å². The molecule has 0 aromatic rings. The van der Waals surface area contributed by atoms with Crippen molar-refractivity contribution in [2.24, 2.45) is 45.1 Å². The normalized spacial score (nSPS) is 19.4. The fourth-order valence-corrected chi connectivity index (χ4v) is 4.24. The summed E-state index contributed by atoms with van der Waals surface area (Å²) in [6.45, 7) is 33.5. The van der Waals surface area contributed by atoms with Crippen LogP contribution in [-0.2, 0) is 0 Å². The van der Waals surface area contributed by atoms with Gasteiger partial charge in [-0.2, -0.15) is 0 Å². The van der Waals surface area contributed by atoms with E-state index in [-0.39, 0.29) is 21.8 Å². The minimum atomic E-state index is -0.157. The summed E-state index contributed by atoms with van der Waals surface area (Å²) in [6, 6.07) is 0. The summed E-state index contributed by atoms with van der Waals surface area (Å²) in [4.78, 5) is 0. The van der Waals surface area contributed by atoms with E-state index >= 15 is 0 Å². The van der Waals surface area contributed by atoms with Crippen molar-refractivity contribution < 1.29 is 0 Å². The molecule has 0 aliphatic rings. The van der Waals surface area contributed by atoms with Crippen LogP contribution in [0.25, 0.3) is 0 Å². The maximum Gasteiger partial charge on any atom is 0.0203 e. The monoisotopic (exact) mass is 367 g/mol. The Kier molecular flexibility index (Phi) is 8.13. The van der Waals surface area contributed by atoms with Crippen LogP contribution in [0.2, 0.25) is 0 Å². The Morgan fingerprint density at radius 2 is 1.08 bits per heavy atom. The summed E-state index contributed by atoms with van der Waals surface area (Å²) >= 11 is 0. The maximum absolute atomic E-state index is 6.92. The van der Waals surface area contributed by atoms with Crippen LogP contribution >= 0.6 is 0 Å². The van der Waals surface area contributed by atoms with Gasteiger partial charge in [0.1, 0.15) is 0 Å². The molecular formula is C25H53N. The van der Waals surface area contributed by atoms with Crippen molar-refractivity contribution in [3.05, 3.63) is 0 Å². The van der Waals surface area contributed by atoms with Crippen molar-refractivity contribution in [1.82, 2.24) is 0 Å². The molecule has 26 heavy (non-hydrogen) atoms. The Bertz CT molecular complexity index is 437. The fraction of sp³-hybridized carbons (Fsp3) is 1.00. The van der Waals surface area contributed by atoms with E-state index in [0.717, 1.165) is 6.42 Å². The summed E-state index contributed by atoms with van der Waals surface area (Å²) in [7, 11) is 0. The van der Waals surface area contributed by atoms with E-state index in [9.17, 15) is 0 Å². The van der Waals surface area contributed by atoms with Gasteiger partial charge in [0.05, 0.1) is 0 Å². The predicted molar refractivity (Wildman–Crippen MR) is 120 cm³/mol. The van der Waals surface area contributed by atoms with Gasteiger partial charge in [0.15, 0.2) is 0 Å². The standard InChI is InChI=1S/C25H53N/c1-15-22(8,9)25(14,26)20(5)17-23(10,11)24(12,13)19(4)16-21(6,7)18(2)3/h18-20H,15-17,26H2,1-14H3. The van der Waals surface area contributed by atoms with Crippen LogP contribution in [0.1, 0.15) is 116 Å². The third kappa shape index (κ3) is 5.27. The van der Waals surface area contributed by atoms with Crippen molar-refractivity contribution in [3.8, 4) is 0 Å². The number of nitrogens with two attached hydrogens (primary N) is 1. The molecule has 0 rings (SSSR count). The highest BCUT2D eigenvalue weighted by atomic mass is 14.8. The largest absolute Gasteiger partial charge is 0.325 e. The molecule has 3 unspecified atom stereocenters. The molecule has 158 valence electrons. The van der Waals surface area contributed by atoms with E-state index in [4.69, 9.17) is 5.73 Å². The second-order valence-corrected chi connectivity index (χ2v) is 12.5. The minimum Gasteiger partial charge on any atom is -0.325 e. The van der Waals surface area contributed by atoms with Crippen molar-refractivity contribution in [1.29, 1.82) is 0 Å². The molecule has 0 aliphatic heterocycles. The minimum absolute atomic E-state index is 0.151. The Balaban J connectivity index is 5.47. The topological polar surface area (TPSA) is 26.0 Å². The molecule has 0 aromatic carbocycles. The van der Waals surface area contributed by atoms with E-state index in [1.54, 1.807) is 0 Å². The van der Waals surface area contributed by atoms with Gasteiger partial charge in [-0.3, -0.25) is 0 Å². The molecule has 0 aromatic heterocycles. The zero-order valence-electron chi connectivity index (χ0n) is 20.9. The molecule has 0 heterocycles. The highest BCUT2D eigenvalue weighted by molar-refractivity contribution is 5.01. The molecule has 0 saturated heterocycles. The van der Waals surface area contributed by atoms with Crippen molar-refractivity contribution in [3.63, 3.8) is 0 Å². The molecular weight excluding hydrogens is 314 g/mol. The zero-order valence-corrected chi connectivity index (χ0v) is 20.9. The van der Waals surface area contributed by atoms with Gasteiger partial charge < -0.3 is 5.73 Å². The van der Waals surface area contributed by atoms with E-state index in [0.29, 0.717) is 23.2 Å².